The highest BCUT2D eigenvalue weighted by atomic mass is 35.5. The molecule has 2 nitrogen and oxygen atoms in total. The zero-order valence-corrected chi connectivity index (χ0v) is 9.63. The van der Waals surface area contributed by atoms with Gasteiger partial charge in [-0.05, 0) is 38.8 Å². The molecule has 0 spiro atoms. The summed E-state index contributed by atoms with van der Waals surface area (Å²) in [5, 5.41) is 0. The minimum absolute atomic E-state index is 0. The smallest absolute Gasteiger partial charge is 0.0284 e. The zero-order chi connectivity index (χ0) is 7.73. The second-order valence-corrected chi connectivity index (χ2v) is 4.20. The maximum absolute atomic E-state index is 6.04. The van der Waals surface area contributed by atoms with Gasteiger partial charge in [0.25, 0.3) is 0 Å². The van der Waals surface area contributed by atoms with Crippen molar-refractivity contribution in [1.29, 1.82) is 0 Å². The third-order valence-electron chi connectivity index (χ3n) is 2.88. The molecular formula is C9H20Cl2N2. The summed E-state index contributed by atoms with van der Waals surface area (Å²) >= 11 is 0. The molecule has 0 unspecified atom stereocenters. The van der Waals surface area contributed by atoms with Gasteiger partial charge in [-0.1, -0.05) is 6.42 Å². The lowest BCUT2D eigenvalue weighted by Crippen LogP contribution is -2.41. The molecule has 2 N–H and O–H groups in total. The maximum atomic E-state index is 6.04. The Bertz CT molecular complexity index is 143. The Balaban J connectivity index is 0.000000720. The van der Waals surface area contributed by atoms with Gasteiger partial charge in [0, 0.05) is 12.1 Å². The first kappa shape index (κ1) is 13.5. The number of nitrogens with two attached hydrogens (primary N) is 1. The highest BCUT2D eigenvalue weighted by Crippen LogP contribution is 2.33. The number of halogens is 2. The summed E-state index contributed by atoms with van der Waals surface area (Å²) in [7, 11) is 0. The molecule has 2 fully saturated rings. The van der Waals surface area contributed by atoms with E-state index in [2.05, 4.69) is 4.90 Å². The molecule has 1 saturated carbocycles. The first-order chi connectivity index (χ1) is 5.29. The van der Waals surface area contributed by atoms with Crippen molar-refractivity contribution < 1.29 is 0 Å². The molecule has 1 aliphatic heterocycles. The first-order valence-electron chi connectivity index (χ1n) is 4.80. The van der Waals surface area contributed by atoms with Crippen LogP contribution in [0.25, 0.3) is 0 Å². The molecule has 0 radical (unpaired) electrons. The molecule has 0 aromatic rings. The van der Waals surface area contributed by atoms with Crippen LogP contribution in [0.15, 0.2) is 0 Å². The van der Waals surface area contributed by atoms with Crippen molar-refractivity contribution in [3.05, 3.63) is 0 Å². The summed E-state index contributed by atoms with van der Waals surface area (Å²) in [6, 6.07) is 0. The SMILES string of the molecule is Cl.Cl.NC1(CN2CCCCC2)CC1. The van der Waals surface area contributed by atoms with E-state index in [1.165, 1.54) is 45.2 Å². The Morgan fingerprint density at radius 2 is 1.54 bits per heavy atom. The number of hydrogen-bond acceptors (Lipinski definition) is 2. The van der Waals surface area contributed by atoms with Gasteiger partial charge in [-0.25, -0.2) is 0 Å². The van der Waals surface area contributed by atoms with E-state index in [1.807, 2.05) is 0 Å². The molecule has 1 saturated heterocycles. The molecule has 0 bridgehead atoms. The molecule has 2 aliphatic rings. The topological polar surface area (TPSA) is 29.3 Å². The van der Waals surface area contributed by atoms with Gasteiger partial charge in [0.15, 0.2) is 0 Å². The first-order valence-corrected chi connectivity index (χ1v) is 4.80. The van der Waals surface area contributed by atoms with Crippen LogP contribution in [0.5, 0.6) is 0 Å². The van der Waals surface area contributed by atoms with E-state index in [0.29, 0.717) is 0 Å². The quantitative estimate of drug-likeness (QED) is 0.779. The van der Waals surface area contributed by atoms with Crippen molar-refractivity contribution in [2.45, 2.75) is 37.6 Å². The van der Waals surface area contributed by atoms with Gasteiger partial charge < -0.3 is 10.6 Å². The van der Waals surface area contributed by atoms with Crippen molar-refractivity contribution >= 4 is 24.8 Å². The lowest BCUT2D eigenvalue weighted by Gasteiger charge is -2.28. The van der Waals surface area contributed by atoms with Gasteiger partial charge >= 0.3 is 0 Å². The van der Waals surface area contributed by atoms with E-state index in [1.54, 1.807) is 0 Å². The van der Waals surface area contributed by atoms with E-state index in [4.69, 9.17) is 5.73 Å². The minimum Gasteiger partial charge on any atom is -0.324 e. The second-order valence-electron chi connectivity index (χ2n) is 4.20. The van der Waals surface area contributed by atoms with Crippen molar-refractivity contribution in [3.8, 4) is 0 Å². The predicted octanol–water partition coefficient (Wildman–Crippen LogP) is 1.81. The van der Waals surface area contributed by atoms with Gasteiger partial charge in [0.2, 0.25) is 0 Å². The summed E-state index contributed by atoms with van der Waals surface area (Å²) in [6.45, 7) is 3.74. The summed E-state index contributed by atoms with van der Waals surface area (Å²) < 4.78 is 0. The fourth-order valence-electron chi connectivity index (χ4n) is 1.88. The molecule has 0 aromatic heterocycles. The van der Waals surface area contributed by atoms with E-state index >= 15 is 0 Å². The molecule has 0 atom stereocenters. The van der Waals surface area contributed by atoms with Crippen molar-refractivity contribution in [1.82, 2.24) is 4.90 Å². The summed E-state index contributed by atoms with van der Waals surface area (Å²) in [5.74, 6) is 0. The normalized spacial score (nSPS) is 25.6. The van der Waals surface area contributed by atoms with Gasteiger partial charge in [0.1, 0.15) is 0 Å². The van der Waals surface area contributed by atoms with Gasteiger partial charge in [-0.2, -0.15) is 0 Å². The molecule has 4 heteroatoms. The Labute approximate surface area is 93.1 Å². The van der Waals surface area contributed by atoms with Crippen molar-refractivity contribution in [3.63, 3.8) is 0 Å². The molecule has 1 heterocycles. The Kier molecular flexibility index (Phi) is 5.61. The van der Waals surface area contributed by atoms with Crippen molar-refractivity contribution in [2.75, 3.05) is 19.6 Å². The highest BCUT2D eigenvalue weighted by Gasteiger charge is 2.39. The third kappa shape index (κ3) is 4.03. The van der Waals surface area contributed by atoms with Gasteiger partial charge in [-0.3, -0.25) is 0 Å². The Morgan fingerprint density at radius 1 is 1.00 bits per heavy atom. The van der Waals surface area contributed by atoms with Crippen LogP contribution < -0.4 is 5.73 Å². The standard InChI is InChI=1S/C9H18N2.2ClH/c10-9(4-5-9)8-11-6-2-1-3-7-11;;/h1-8,10H2;2*1H. The number of rotatable bonds is 2. The van der Waals surface area contributed by atoms with E-state index < -0.39 is 0 Å². The molecule has 0 amide bonds. The fraction of sp³-hybridized carbons (Fsp3) is 1.00. The predicted molar refractivity (Wildman–Crippen MR) is 60.9 cm³/mol. The number of piperidine rings is 1. The Hall–Kier alpha value is 0.500. The van der Waals surface area contributed by atoms with Gasteiger partial charge in [0.05, 0.1) is 0 Å². The van der Waals surface area contributed by atoms with Crippen LogP contribution in [0, 0.1) is 0 Å². The van der Waals surface area contributed by atoms with E-state index in [9.17, 15) is 0 Å². The van der Waals surface area contributed by atoms with E-state index in [0.717, 1.165) is 6.54 Å². The third-order valence-corrected chi connectivity index (χ3v) is 2.88. The highest BCUT2D eigenvalue weighted by molar-refractivity contribution is 5.85. The second kappa shape index (κ2) is 5.40. The number of nitrogens with zero attached hydrogens (tertiary/aromatic N) is 1. The molecular weight excluding hydrogens is 207 g/mol. The number of hydrogen-bond donors (Lipinski definition) is 1. The monoisotopic (exact) mass is 226 g/mol. The van der Waals surface area contributed by atoms with Crippen LogP contribution in [-0.4, -0.2) is 30.1 Å². The maximum Gasteiger partial charge on any atom is 0.0284 e. The molecule has 1 aliphatic carbocycles. The fourth-order valence-corrected chi connectivity index (χ4v) is 1.88. The zero-order valence-electron chi connectivity index (χ0n) is 8.00. The van der Waals surface area contributed by atoms with Crippen LogP contribution in [-0.2, 0) is 0 Å². The minimum atomic E-state index is 0. The lowest BCUT2D eigenvalue weighted by molar-refractivity contribution is 0.211. The van der Waals surface area contributed by atoms with Crippen LogP contribution in [0.2, 0.25) is 0 Å². The summed E-state index contributed by atoms with van der Waals surface area (Å²) in [6.07, 6.45) is 6.70. The average molecular weight is 227 g/mol. The van der Waals surface area contributed by atoms with Crippen LogP contribution >= 0.6 is 24.8 Å². The van der Waals surface area contributed by atoms with Crippen LogP contribution in [0.4, 0.5) is 0 Å². The number of likely N-dealkylation sites (tertiary alicyclic amines) is 1. The summed E-state index contributed by atoms with van der Waals surface area (Å²) in [5.41, 5.74) is 6.27. The van der Waals surface area contributed by atoms with Crippen molar-refractivity contribution in [2.24, 2.45) is 5.73 Å². The van der Waals surface area contributed by atoms with E-state index in [-0.39, 0.29) is 30.4 Å². The molecule has 0 aromatic carbocycles. The largest absolute Gasteiger partial charge is 0.324 e. The van der Waals surface area contributed by atoms with Crippen LogP contribution in [0.1, 0.15) is 32.1 Å². The van der Waals surface area contributed by atoms with Crippen LogP contribution in [0.3, 0.4) is 0 Å². The lowest BCUT2D eigenvalue weighted by atomic mass is 10.1. The summed E-state index contributed by atoms with van der Waals surface area (Å²) in [4.78, 5) is 2.54. The Morgan fingerprint density at radius 3 is 2.00 bits per heavy atom. The molecule has 2 rings (SSSR count). The van der Waals surface area contributed by atoms with Gasteiger partial charge in [-0.15, -0.1) is 24.8 Å². The molecule has 80 valence electrons. The molecule has 13 heavy (non-hydrogen) atoms. The average Bonchev–Trinajstić information content (AvgIpc) is 2.70.